The summed E-state index contributed by atoms with van der Waals surface area (Å²) in [6, 6.07) is 4.97. The van der Waals surface area contributed by atoms with Crippen molar-refractivity contribution in [2.75, 3.05) is 0 Å². The SMILES string of the molecule is CC(=O)CC(C#N)c1ccc(C(F)(F)F)cc1Br. The Bertz CT molecular complexity index is 505. The molecule has 1 aromatic carbocycles. The Kier molecular flexibility index (Phi) is 4.52. The quantitative estimate of drug-likeness (QED) is 0.843. The van der Waals surface area contributed by atoms with E-state index in [1.807, 2.05) is 6.07 Å². The molecule has 0 bridgehead atoms. The van der Waals surface area contributed by atoms with Crippen LogP contribution in [0.5, 0.6) is 0 Å². The normalized spacial score (nSPS) is 12.9. The minimum atomic E-state index is -4.43. The highest BCUT2D eigenvalue weighted by atomic mass is 79.9. The summed E-state index contributed by atoms with van der Waals surface area (Å²) in [5.41, 5.74) is -0.404. The topological polar surface area (TPSA) is 40.9 Å². The lowest BCUT2D eigenvalue weighted by Crippen LogP contribution is -2.07. The summed E-state index contributed by atoms with van der Waals surface area (Å²) in [6.45, 7) is 1.34. The molecule has 18 heavy (non-hydrogen) atoms. The van der Waals surface area contributed by atoms with E-state index in [4.69, 9.17) is 5.26 Å². The Morgan fingerprint density at radius 1 is 1.50 bits per heavy atom. The highest BCUT2D eigenvalue weighted by Gasteiger charge is 2.31. The zero-order valence-electron chi connectivity index (χ0n) is 9.38. The Morgan fingerprint density at radius 2 is 2.11 bits per heavy atom. The van der Waals surface area contributed by atoms with Gasteiger partial charge in [0.05, 0.1) is 17.6 Å². The number of carbonyl (C=O) groups excluding carboxylic acids is 1. The molecule has 0 saturated heterocycles. The summed E-state index contributed by atoms with van der Waals surface area (Å²) >= 11 is 3.01. The van der Waals surface area contributed by atoms with Crippen molar-refractivity contribution in [2.24, 2.45) is 0 Å². The maximum Gasteiger partial charge on any atom is 0.416 e. The van der Waals surface area contributed by atoms with Crippen LogP contribution in [0.3, 0.4) is 0 Å². The number of benzene rings is 1. The van der Waals surface area contributed by atoms with Crippen molar-refractivity contribution in [3.8, 4) is 6.07 Å². The van der Waals surface area contributed by atoms with E-state index < -0.39 is 17.7 Å². The molecule has 0 saturated carbocycles. The van der Waals surface area contributed by atoms with Crippen LogP contribution >= 0.6 is 15.9 Å². The first-order valence-electron chi connectivity index (χ1n) is 5.01. The highest BCUT2D eigenvalue weighted by Crippen LogP contribution is 2.35. The van der Waals surface area contributed by atoms with Gasteiger partial charge in [-0.2, -0.15) is 18.4 Å². The van der Waals surface area contributed by atoms with Crippen LogP contribution in [-0.4, -0.2) is 5.78 Å². The van der Waals surface area contributed by atoms with Gasteiger partial charge in [-0.15, -0.1) is 0 Å². The van der Waals surface area contributed by atoms with Crippen molar-refractivity contribution >= 4 is 21.7 Å². The zero-order chi connectivity index (χ0) is 13.9. The molecular formula is C12H9BrF3NO. The second-order valence-corrected chi connectivity index (χ2v) is 4.68. The number of Topliss-reactive ketones (excluding diaryl/α,β-unsaturated/α-hetero) is 1. The van der Waals surface area contributed by atoms with E-state index in [2.05, 4.69) is 15.9 Å². The second-order valence-electron chi connectivity index (χ2n) is 3.82. The van der Waals surface area contributed by atoms with E-state index in [0.29, 0.717) is 5.56 Å². The van der Waals surface area contributed by atoms with E-state index in [9.17, 15) is 18.0 Å². The standard InChI is InChI=1S/C12H9BrF3NO/c1-7(18)4-8(6-17)10-3-2-9(5-11(10)13)12(14,15)16/h2-3,5,8H,4H2,1H3. The fraction of sp³-hybridized carbons (Fsp3) is 0.333. The van der Waals surface area contributed by atoms with Crippen LogP contribution in [0.1, 0.15) is 30.4 Å². The molecule has 0 aliphatic heterocycles. The molecule has 6 heteroatoms. The van der Waals surface area contributed by atoms with Gasteiger partial charge in [-0.3, -0.25) is 4.79 Å². The lowest BCUT2D eigenvalue weighted by molar-refractivity contribution is -0.137. The fourth-order valence-electron chi connectivity index (χ4n) is 1.50. The molecule has 0 spiro atoms. The van der Waals surface area contributed by atoms with E-state index in [-0.39, 0.29) is 16.7 Å². The first kappa shape index (κ1) is 14.7. The molecule has 0 aliphatic carbocycles. The average molecular weight is 320 g/mol. The maximum atomic E-state index is 12.5. The molecule has 1 rings (SSSR count). The lowest BCUT2D eigenvalue weighted by atomic mass is 9.94. The smallest absolute Gasteiger partial charge is 0.300 e. The predicted molar refractivity (Wildman–Crippen MR) is 62.8 cm³/mol. The van der Waals surface area contributed by atoms with Gasteiger partial charge in [-0.25, -0.2) is 0 Å². The van der Waals surface area contributed by atoms with Crippen molar-refractivity contribution in [1.29, 1.82) is 5.26 Å². The van der Waals surface area contributed by atoms with Gasteiger partial charge in [0.1, 0.15) is 5.78 Å². The second kappa shape index (κ2) is 5.53. The van der Waals surface area contributed by atoms with Crippen LogP contribution in [0.25, 0.3) is 0 Å². The Balaban J connectivity index is 3.13. The predicted octanol–water partition coefficient (Wildman–Crippen LogP) is 4.05. The van der Waals surface area contributed by atoms with Crippen molar-refractivity contribution < 1.29 is 18.0 Å². The van der Waals surface area contributed by atoms with Crippen molar-refractivity contribution in [3.63, 3.8) is 0 Å². The molecular weight excluding hydrogens is 311 g/mol. The Morgan fingerprint density at radius 3 is 2.50 bits per heavy atom. The van der Waals surface area contributed by atoms with Crippen LogP contribution in [0.2, 0.25) is 0 Å². The Hall–Kier alpha value is -1.35. The minimum absolute atomic E-state index is 0.0134. The summed E-state index contributed by atoms with van der Waals surface area (Å²) in [5.74, 6) is -0.924. The number of hydrogen-bond acceptors (Lipinski definition) is 2. The largest absolute Gasteiger partial charge is 0.416 e. The molecule has 0 fully saturated rings. The third-order valence-electron chi connectivity index (χ3n) is 2.35. The number of nitriles is 1. The van der Waals surface area contributed by atoms with Gasteiger partial charge >= 0.3 is 6.18 Å². The van der Waals surface area contributed by atoms with Gasteiger partial charge < -0.3 is 0 Å². The molecule has 96 valence electrons. The highest BCUT2D eigenvalue weighted by molar-refractivity contribution is 9.10. The number of halogens is 4. The first-order valence-corrected chi connectivity index (χ1v) is 5.80. The van der Waals surface area contributed by atoms with E-state index >= 15 is 0 Å². The van der Waals surface area contributed by atoms with Crippen molar-refractivity contribution in [2.45, 2.75) is 25.4 Å². The average Bonchev–Trinajstić information content (AvgIpc) is 2.24. The number of alkyl halides is 3. The maximum absolute atomic E-state index is 12.5. The van der Waals surface area contributed by atoms with Gasteiger partial charge in [0.25, 0.3) is 0 Å². The molecule has 1 atom stereocenters. The number of nitrogens with zero attached hydrogens (tertiary/aromatic N) is 1. The summed E-state index contributed by atoms with van der Waals surface area (Å²) in [7, 11) is 0. The van der Waals surface area contributed by atoms with Crippen LogP contribution in [0, 0.1) is 11.3 Å². The molecule has 0 radical (unpaired) electrons. The summed E-state index contributed by atoms with van der Waals surface area (Å²) in [6.07, 6.45) is -4.44. The van der Waals surface area contributed by atoms with Gasteiger partial charge in [0.15, 0.2) is 0 Å². The monoisotopic (exact) mass is 319 g/mol. The number of carbonyl (C=O) groups is 1. The van der Waals surface area contributed by atoms with Gasteiger partial charge in [0.2, 0.25) is 0 Å². The number of rotatable bonds is 3. The fourth-order valence-corrected chi connectivity index (χ4v) is 2.15. The van der Waals surface area contributed by atoms with Crippen LogP contribution < -0.4 is 0 Å². The molecule has 0 heterocycles. The number of ketones is 1. The molecule has 1 unspecified atom stereocenters. The van der Waals surface area contributed by atoms with Gasteiger partial charge in [-0.05, 0) is 24.6 Å². The molecule has 0 aromatic heterocycles. The summed E-state index contributed by atoms with van der Waals surface area (Å²) < 4.78 is 37.5. The summed E-state index contributed by atoms with van der Waals surface area (Å²) in [5, 5.41) is 8.94. The molecule has 0 amide bonds. The molecule has 0 aliphatic rings. The van der Waals surface area contributed by atoms with Crippen LogP contribution in [0.15, 0.2) is 22.7 Å². The molecule has 0 N–H and O–H groups in total. The third-order valence-corrected chi connectivity index (χ3v) is 3.04. The third kappa shape index (κ3) is 3.57. The van der Waals surface area contributed by atoms with E-state index in [1.165, 1.54) is 13.0 Å². The van der Waals surface area contributed by atoms with Crippen molar-refractivity contribution in [1.82, 2.24) is 0 Å². The van der Waals surface area contributed by atoms with E-state index in [1.54, 1.807) is 0 Å². The van der Waals surface area contributed by atoms with Crippen LogP contribution in [-0.2, 0) is 11.0 Å². The first-order chi connectivity index (χ1) is 8.25. The molecule has 2 nitrogen and oxygen atoms in total. The minimum Gasteiger partial charge on any atom is -0.300 e. The number of hydrogen-bond donors (Lipinski definition) is 0. The van der Waals surface area contributed by atoms with Gasteiger partial charge in [-0.1, -0.05) is 22.0 Å². The van der Waals surface area contributed by atoms with Gasteiger partial charge in [0, 0.05) is 10.9 Å². The Labute approximate surface area is 111 Å². The van der Waals surface area contributed by atoms with Crippen LogP contribution in [0.4, 0.5) is 13.2 Å². The van der Waals surface area contributed by atoms with Crippen molar-refractivity contribution in [3.05, 3.63) is 33.8 Å². The van der Waals surface area contributed by atoms with E-state index in [0.717, 1.165) is 12.1 Å². The summed E-state index contributed by atoms with van der Waals surface area (Å²) in [4.78, 5) is 11.0. The molecule has 1 aromatic rings. The zero-order valence-corrected chi connectivity index (χ0v) is 11.0. The lowest BCUT2D eigenvalue weighted by Gasteiger charge is -2.13.